The number of rotatable bonds is 50. The van der Waals surface area contributed by atoms with E-state index in [9.17, 15) is 9.59 Å². The van der Waals surface area contributed by atoms with Crippen LogP contribution in [0.25, 0.3) is 0 Å². The van der Waals surface area contributed by atoms with Crippen molar-refractivity contribution in [2.75, 3.05) is 26.4 Å². The van der Waals surface area contributed by atoms with Gasteiger partial charge in [0, 0.05) is 0 Å². The summed E-state index contributed by atoms with van der Waals surface area (Å²) in [7, 11) is 0. The zero-order valence-corrected chi connectivity index (χ0v) is 45.4. The first-order valence-electron chi connectivity index (χ1n) is 29.6. The van der Waals surface area contributed by atoms with Gasteiger partial charge < -0.3 is 23.7 Å². The van der Waals surface area contributed by atoms with Crippen molar-refractivity contribution >= 4 is 11.9 Å². The number of unbranched alkanes of at least 4 members (excludes halogenated alkanes) is 36. The molecule has 0 aliphatic heterocycles. The minimum Gasteiger partial charge on any atom is -0.490 e. The zero-order valence-electron chi connectivity index (χ0n) is 45.4. The highest BCUT2D eigenvalue weighted by atomic mass is 16.6. The summed E-state index contributed by atoms with van der Waals surface area (Å²) in [5.41, 5.74) is 0.503. The van der Waals surface area contributed by atoms with Crippen LogP contribution in [0.3, 0.4) is 0 Å². The van der Waals surface area contributed by atoms with Crippen LogP contribution in [0, 0.1) is 0 Å². The lowest BCUT2D eigenvalue weighted by atomic mass is 10.1. The van der Waals surface area contributed by atoms with Crippen molar-refractivity contribution < 1.29 is 33.3 Å². The predicted octanol–water partition coefficient (Wildman–Crippen LogP) is 19.9. The molecule has 0 radical (unpaired) electrons. The Bertz CT molecular complexity index is 1380. The highest BCUT2D eigenvalue weighted by Crippen LogP contribution is 2.32. The molecule has 0 bridgehead atoms. The number of esters is 2. The lowest BCUT2D eigenvalue weighted by Crippen LogP contribution is -2.14. The Hall–Kier alpha value is -3.22. The second-order valence-corrected chi connectivity index (χ2v) is 20.1. The smallest absolute Gasteiger partial charge is 0.346 e. The van der Waals surface area contributed by atoms with Crippen LogP contribution in [0.2, 0.25) is 0 Å². The Kier molecular flexibility index (Phi) is 41.2. The fourth-order valence-electron chi connectivity index (χ4n) is 9.02. The number of benzene rings is 2. The van der Waals surface area contributed by atoms with Crippen LogP contribution < -0.4 is 18.9 Å². The molecule has 0 aromatic heterocycles. The van der Waals surface area contributed by atoms with E-state index in [1.165, 1.54) is 205 Å². The first-order chi connectivity index (χ1) is 34.0. The normalized spacial score (nSPS) is 11.2. The van der Waals surface area contributed by atoms with E-state index in [4.69, 9.17) is 23.7 Å². The Morgan fingerprint density at radius 2 is 0.478 bits per heavy atom. The van der Waals surface area contributed by atoms with E-state index < -0.39 is 11.9 Å². The summed E-state index contributed by atoms with van der Waals surface area (Å²) in [5, 5.41) is 0. The maximum Gasteiger partial charge on any atom is 0.346 e. The third-order valence-corrected chi connectivity index (χ3v) is 13.6. The molecule has 7 nitrogen and oxygen atoms in total. The average Bonchev–Trinajstić information content (AvgIpc) is 3.36. The van der Waals surface area contributed by atoms with E-state index in [-0.39, 0.29) is 11.1 Å². The molecule has 69 heavy (non-hydrogen) atoms. The van der Waals surface area contributed by atoms with E-state index in [1.807, 2.05) is 0 Å². The maximum absolute atomic E-state index is 13.6. The molecular formula is C62H106O7. The molecule has 0 heterocycles. The van der Waals surface area contributed by atoms with Crippen LogP contribution in [-0.4, -0.2) is 38.4 Å². The second kappa shape index (κ2) is 45.9. The molecule has 7 heteroatoms. The van der Waals surface area contributed by atoms with E-state index in [1.54, 1.807) is 36.4 Å². The largest absolute Gasteiger partial charge is 0.490 e. The first kappa shape index (κ1) is 61.9. The molecule has 0 unspecified atom stereocenters. The summed E-state index contributed by atoms with van der Waals surface area (Å²) in [6, 6.07) is 10.2. The molecule has 0 saturated heterocycles. The van der Waals surface area contributed by atoms with Gasteiger partial charge in [0.25, 0.3) is 0 Å². The minimum atomic E-state index is -0.723. The van der Waals surface area contributed by atoms with Crippen LogP contribution in [0.4, 0.5) is 0 Å². The number of carbonyl (C=O) groups excluding carboxylic acids is 2. The van der Waals surface area contributed by atoms with Gasteiger partial charge in [0.2, 0.25) is 0 Å². The molecule has 0 N–H and O–H groups in total. The molecule has 2 aromatic rings. The fraction of sp³-hybridized carbons (Fsp3) is 0.774. The van der Waals surface area contributed by atoms with Gasteiger partial charge in [-0.25, -0.2) is 9.59 Å². The number of ether oxygens (including phenoxy) is 5. The molecule has 2 aromatic carbocycles. The molecule has 0 aliphatic carbocycles. The molecule has 0 aliphatic rings. The molecule has 0 saturated carbocycles. The topological polar surface area (TPSA) is 80.3 Å². The van der Waals surface area contributed by atoms with Crippen LogP contribution in [-0.2, 0) is 4.74 Å². The van der Waals surface area contributed by atoms with Crippen LogP contribution in [0.15, 0.2) is 36.4 Å². The summed E-state index contributed by atoms with van der Waals surface area (Å²) in [6.07, 6.45) is 50.2. The van der Waals surface area contributed by atoms with Crippen LogP contribution in [0.1, 0.15) is 305 Å². The highest BCUT2D eigenvalue weighted by molar-refractivity contribution is 6.03. The predicted molar refractivity (Wildman–Crippen MR) is 292 cm³/mol. The van der Waals surface area contributed by atoms with Gasteiger partial charge in [-0.15, -0.1) is 0 Å². The van der Waals surface area contributed by atoms with E-state index >= 15 is 0 Å². The van der Waals surface area contributed by atoms with Gasteiger partial charge >= 0.3 is 11.9 Å². The van der Waals surface area contributed by atoms with Gasteiger partial charge in [-0.05, 0) is 62.1 Å². The van der Waals surface area contributed by atoms with Gasteiger partial charge in [0.15, 0.2) is 23.0 Å². The number of hydrogen-bond donors (Lipinski definition) is 0. The molecule has 2 rings (SSSR count). The van der Waals surface area contributed by atoms with E-state index in [0.29, 0.717) is 49.4 Å². The summed E-state index contributed by atoms with van der Waals surface area (Å²) in [4.78, 5) is 27.2. The van der Waals surface area contributed by atoms with Crippen molar-refractivity contribution in [3.63, 3.8) is 0 Å². The van der Waals surface area contributed by atoms with Crippen LogP contribution in [0.5, 0.6) is 23.0 Å². The van der Waals surface area contributed by atoms with Gasteiger partial charge in [0.1, 0.15) is 0 Å². The third-order valence-electron chi connectivity index (χ3n) is 13.6. The average molecular weight is 964 g/mol. The zero-order chi connectivity index (χ0) is 49.5. The summed E-state index contributed by atoms with van der Waals surface area (Å²) >= 11 is 0. The first-order valence-corrected chi connectivity index (χ1v) is 29.6. The van der Waals surface area contributed by atoms with E-state index in [2.05, 4.69) is 27.7 Å². The standard InChI is InChI=1S/C62H106O7/c1-5-9-13-17-21-25-29-33-37-41-49-65-57-47-45-55(53-59(57)67-51-43-39-35-31-27-23-19-15-11-7-3)61(63)69-62(64)56-46-48-58(66-50-42-38-34-30-26-22-18-14-10-6-2)60(54-56)68-52-44-40-36-32-28-24-20-16-12-8-4/h45-48,53-54H,5-44,49-52H2,1-4H3. The highest BCUT2D eigenvalue weighted by Gasteiger charge is 2.20. The van der Waals surface area contributed by atoms with Crippen LogP contribution >= 0.6 is 0 Å². The fourth-order valence-corrected chi connectivity index (χ4v) is 9.02. The lowest BCUT2D eigenvalue weighted by molar-refractivity contribution is 0.0397. The SMILES string of the molecule is CCCCCCCCCCCCOc1ccc(C(=O)OC(=O)c2ccc(OCCCCCCCCCCCC)c(OCCCCCCCCCCCC)c2)cc1OCCCCCCCCCCCC. The van der Waals surface area contributed by atoms with Crippen molar-refractivity contribution in [1.29, 1.82) is 0 Å². The quantitative estimate of drug-likeness (QED) is 0.0371. The maximum atomic E-state index is 13.6. The molecule has 0 spiro atoms. The lowest BCUT2D eigenvalue weighted by Gasteiger charge is -2.15. The Morgan fingerprint density at radius 1 is 0.275 bits per heavy atom. The van der Waals surface area contributed by atoms with Gasteiger partial charge in [-0.3, -0.25) is 0 Å². The Labute approximate surface area is 425 Å². The molecule has 0 atom stereocenters. The summed E-state index contributed by atoms with van der Waals surface area (Å²) < 4.78 is 30.6. The van der Waals surface area contributed by atoms with E-state index in [0.717, 1.165) is 51.4 Å². The second-order valence-electron chi connectivity index (χ2n) is 20.1. The molecular weight excluding hydrogens is 857 g/mol. The number of hydrogen-bond acceptors (Lipinski definition) is 7. The van der Waals surface area contributed by atoms with Crippen molar-refractivity contribution in [1.82, 2.24) is 0 Å². The number of carbonyl (C=O) groups is 2. The van der Waals surface area contributed by atoms with Crippen molar-refractivity contribution in [2.24, 2.45) is 0 Å². The monoisotopic (exact) mass is 963 g/mol. The van der Waals surface area contributed by atoms with Crippen molar-refractivity contribution in [3.8, 4) is 23.0 Å². The van der Waals surface area contributed by atoms with Crippen molar-refractivity contribution in [2.45, 2.75) is 285 Å². The Balaban J connectivity index is 2.01. The Morgan fingerprint density at radius 3 is 0.710 bits per heavy atom. The molecule has 0 fully saturated rings. The minimum absolute atomic E-state index is 0.251. The third kappa shape index (κ3) is 33.9. The molecule has 396 valence electrons. The van der Waals surface area contributed by atoms with Gasteiger partial charge in [0.05, 0.1) is 37.6 Å². The van der Waals surface area contributed by atoms with Crippen molar-refractivity contribution in [3.05, 3.63) is 47.5 Å². The summed E-state index contributed by atoms with van der Waals surface area (Å²) in [5.74, 6) is 0.841. The summed E-state index contributed by atoms with van der Waals surface area (Å²) in [6.45, 7) is 11.3. The molecule has 0 amide bonds. The van der Waals surface area contributed by atoms with Gasteiger partial charge in [-0.2, -0.15) is 0 Å². The van der Waals surface area contributed by atoms with Gasteiger partial charge in [-0.1, -0.05) is 259 Å².